The van der Waals surface area contributed by atoms with Gasteiger partial charge in [-0.25, -0.2) is 4.99 Å². The lowest BCUT2D eigenvalue weighted by Crippen LogP contribution is -2.35. The van der Waals surface area contributed by atoms with Gasteiger partial charge in [0.25, 0.3) is 0 Å². The lowest BCUT2D eigenvalue weighted by molar-refractivity contribution is 0.236. The monoisotopic (exact) mass is 277 g/mol. The van der Waals surface area contributed by atoms with Crippen LogP contribution in [-0.4, -0.2) is 18.0 Å². The second-order valence-corrected chi connectivity index (χ2v) is 6.13. The molecule has 2 heteroatoms. The third kappa shape index (κ3) is 2.15. The van der Waals surface area contributed by atoms with Crippen LogP contribution in [0.15, 0.2) is 53.5 Å². The molecule has 2 nitrogen and oxygen atoms in total. The first-order chi connectivity index (χ1) is 10.3. The van der Waals surface area contributed by atoms with Gasteiger partial charge in [0, 0.05) is 13.3 Å². The molecule has 1 atom stereocenters. The third-order valence-corrected chi connectivity index (χ3v) is 4.67. The number of aliphatic imine (C=N–C) groups is 1. The van der Waals surface area contributed by atoms with Crippen molar-refractivity contribution >= 4 is 5.90 Å². The first-order valence-electron chi connectivity index (χ1n) is 7.61. The maximum absolute atomic E-state index is 5.66. The molecule has 2 aromatic carbocycles. The van der Waals surface area contributed by atoms with Gasteiger partial charge in [-0.15, -0.1) is 0 Å². The van der Waals surface area contributed by atoms with Crippen LogP contribution in [0.5, 0.6) is 0 Å². The smallest absolute Gasteiger partial charge is 0.180 e. The van der Waals surface area contributed by atoms with Gasteiger partial charge in [-0.1, -0.05) is 48.5 Å². The van der Waals surface area contributed by atoms with Crippen LogP contribution in [0.1, 0.15) is 24.5 Å². The summed E-state index contributed by atoms with van der Waals surface area (Å²) in [6, 6.07) is 17.3. The number of benzene rings is 2. The molecule has 1 aliphatic heterocycles. The summed E-state index contributed by atoms with van der Waals surface area (Å²) in [7, 11) is 0. The molecule has 0 aromatic heterocycles. The number of aryl methyl sites for hydroxylation is 1. The van der Waals surface area contributed by atoms with Gasteiger partial charge in [-0.2, -0.15) is 0 Å². The molecule has 2 aromatic rings. The maximum atomic E-state index is 5.66. The second-order valence-electron chi connectivity index (χ2n) is 6.13. The number of nitrogens with zero attached hydrogens (tertiary/aromatic N) is 1. The van der Waals surface area contributed by atoms with Crippen LogP contribution in [0.3, 0.4) is 0 Å². The highest BCUT2D eigenvalue weighted by molar-refractivity contribution is 5.76. The summed E-state index contributed by atoms with van der Waals surface area (Å²) < 4.78 is 5.66. The van der Waals surface area contributed by atoms with E-state index in [0.29, 0.717) is 0 Å². The Morgan fingerprint density at radius 3 is 2.67 bits per heavy atom. The van der Waals surface area contributed by atoms with Crippen molar-refractivity contribution in [3.05, 3.63) is 59.7 Å². The highest BCUT2D eigenvalue weighted by Crippen LogP contribution is 2.39. The Morgan fingerprint density at radius 2 is 1.90 bits per heavy atom. The average molecular weight is 277 g/mol. The average Bonchev–Trinajstić information content (AvgIpc) is 2.88. The predicted octanol–water partition coefficient (Wildman–Crippen LogP) is 4.03. The zero-order valence-electron chi connectivity index (χ0n) is 12.3. The Hall–Kier alpha value is -2.09. The van der Waals surface area contributed by atoms with E-state index in [4.69, 9.17) is 9.73 Å². The largest absolute Gasteiger partial charge is 0.479 e. The minimum absolute atomic E-state index is 0.0258. The molecular weight excluding hydrogens is 258 g/mol. The van der Waals surface area contributed by atoms with E-state index in [1.165, 1.54) is 22.3 Å². The van der Waals surface area contributed by atoms with Crippen molar-refractivity contribution in [2.45, 2.75) is 31.7 Å². The number of hydrogen-bond donors (Lipinski definition) is 0. The predicted molar refractivity (Wildman–Crippen MR) is 85.7 cm³/mol. The Balaban J connectivity index is 1.80. The van der Waals surface area contributed by atoms with Crippen LogP contribution in [0.25, 0.3) is 11.1 Å². The quantitative estimate of drug-likeness (QED) is 0.771. The fourth-order valence-corrected chi connectivity index (χ4v) is 3.61. The van der Waals surface area contributed by atoms with Gasteiger partial charge in [0.15, 0.2) is 5.90 Å². The summed E-state index contributed by atoms with van der Waals surface area (Å²) in [6.45, 7) is 2.70. The van der Waals surface area contributed by atoms with Crippen LogP contribution in [0.4, 0.5) is 0 Å². The first kappa shape index (κ1) is 12.6. The summed E-state index contributed by atoms with van der Waals surface area (Å²) in [5.74, 6) is 0.843. The molecule has 0 saturated heterocycles. The molecule has 21 heavy (non-hydrogen) atoms. The van der Waals surface area contributed by atoms with Gasteiger partial charge < -0.3 is 4.74 Å². The Labute approximate surface area is 125 Å². The lowest BCUT2D eigenvalue weighted by atomic mass is 9.76. The van der Waals surface area contributed by atoms with E-state index in [-0.39, 0.29) is 5.54 Å². The Bertz CT molecular complexity index is 705. The zero-order chi connectivity index (χ0) is 14.3. The molecule has 0 N–H and O–H groups in total. The summed E-state index contributed by atoms with van der Waals surface area (Å²) in [5, 5.41) is 0. The van der Waals surface area contributed by atoms with Crippen molar-refractivity contribution in [3.63, 3.8) is 0 Å². The molecule has 1 spiro atoms. The van der Waals surface area contributed by atoms with Crippen LogP contribution < -0.4 is 0 Å². The number of hydrogen-bond acceptors (Lipinski definition) is 2. The highest BCUT2D eigenvalue weighted by Gasteiger charge is 2.39. The Morgan fingerprint density at radius 1 is 1.05 bits per heavy atom. The molecule has 0 bridgehead atoms. The van der Waals surface area contributed by atoms with Crippen molar-refractivity contribution in [2.24, 2.45) is 4.99 Å². The summed E-state index contributed by atoms with van der Waals surface area (Å²) in [4.78, 5) is 4.81. The molecule has 1 heterocycles. The van der Waals surface area contributed by atoms with E-state index in [9.17, 15) is 0 Å². The lowest BCUT2D eigenvalue weighted by Gasteiger charge is -2.32. The normalized spacial score (nSPS) is 23.6. The van der Waals surface area contributed by atoms with Crippen LogP contribution >= 0.6 is 0 Å². The summed E-state index contributed by atoms with van der Waals surface area (Å²) >= 11 is 0. The van der Waals surface area contributed by atoms with Crippen molar-refractivity contribution in [1.29, 1.82) is 0 Å². The van der Waals surface area contributed by atoms with Crippen LogP contribution in [0.2, 0.25) is 0 Å². The van der Waals surface area contributed by atoms with Crippen molar-refractivity contribution in [2.75, 3.05) is 6.61 Å². The highest BCUT2D eigenvalue weighted by atomic mass is 16.5. The van der Waals surface area contributed by atoms with Crippen molar-refractivity contribution in [3.8, 4) is 11.1 Å². The van der Waals surface area contributed by atoms with E-state index >= 15 is 0 Å². The minimum atomic E-state index is -0.0258. The SMILES string of the molecule is CC1=N[C@]2(CCc3cccc(-c4ccccc4)c3C2)CO1. The number of rotatable bonds is 1. The maximum Gasteiger partial charge on any atom is 0.180 e. The number of fused-ring (bicyclic) bond motifs is 1. The second kappa shape index (κ2) is 4.73. The molecule has 2 aliphatic rings. The Kier molecular flexibility index (Phi) is 2.85. The van der Waals surface area contributed by atoms with Gasteiger partial charge in [0.2, 0.25) is 0 Å². The molecule has 0 unspecified atom stereocenters. The van der Waals surface area contributed by atoms with Gasteiger partial charge in [0.1, 0.15) is 12.1 Å². The first-order valence-corrected chi connectivity index (χ1v) is 7.61. The van der Waals surface area contributed by atoms with Gasteiger partial charge in [0.05, 0.1) is 0 Å². The molecule has 0 saturated carbocycles. The van der Waals surface area contributed by atoms with Crippen molar-refractivity contribution in [1.82, 2.24) is 0 Å². The van der Waals surface area contributed by atoms with Gasteiger partial charge >= 0.3 is 0 Å². The summed E-state index contributed by atoms with van der Waals surface area (Å²) in [6.07, 6.45) is 3.18. The summed E-state index contributed by atoms with van der Waals surface area (Å²) in [5.41, 5.74) is 5.55. The molecule has 106 valence electrons. The van der Waals surface area contributed by atoms with E-state index in [1.807, 2.05) is 6.92 Å². The fraction of sp³-hybridized carbons (Fsp3) is 0.316. The molecule has 1 aliphatic carbocycles. The van der Waals surface area contributed by atoms with Crippen LogP contribution in [-0.2, 0) is 17.6 Å². The molecule has 0 amide bonds. The molecule has 0 radical (unpaired) electrons. The molecular formula is C19H19NO. The standard InChI is InChI=1S/C19H19NO/c1-14-20-19(13-21-14)11-10-16-8-5-9-17(18(16)12-19)15-6-3-2-4-7-15/h2-9H,10-13H2,1H3/t19-/m0/s1. The zero-order valence-corrected chi connectivity index (χ0v) is 12.3. The third-order valence-electron chi connectivity index (χ3n) is 4.67. The number of ether oxygens (including phenoxy) is 1. The van der Waals surface area contributed by atoms with Gasteiger partial charge in [-0.05, 0) is 35.1 Å². The van der Waals surface area contributed by atoms with Gasteiger partial charge in [-0.3, -0.25) is 0 Å². The van der Waals surface area contributed by atoms with Crippen molar-refractivity contribution < 1.29 is 4.74 Å². The fourth-order valence-electron chi connectivity index (χ4n) is 3.61. The molecule has 0 fully saturated rings. The molecule has 4 rings (SSSR count). The van der Waals surface area contributed by atoms with E-state index in [1.54, 1.807) is 0 Å². The topological polar surface area (TPSA) is 21.6 Å². The minimum Gasteiger partial charge on any atom is -0.479 e. The van der Waals surface area contributed by atoms with E-state index in [0.717, 1.165) is 31.8 Å². The van der Waals surface area contributed by atoms with E-state index in [2.05, 4.69) is 48.5 Å². The van der Waals surface area contributed by atoms with Crippen LogP contribution in [0, 0.1) is 0 Å². The van der Waals surface area contributed by atoms with E-state index < -0.39 is 0 Å².